The summed E-state index contributed by atoms with van der Waals surface area (Å²) >= 11 is 0. The second-order valence-corrected chi connectivity index (χ2v) is 11.6. The van der Waals surface area contributed by atoms with Crippen molar-refractivity contribution < 1.29 is 23.8 Å². The molecule has 1 unspecified atom stereocenters. The van der Waals surface area contributed by atoms with Crippen LogP contribution >= 0.6 is 0 Å². The molecule has 0 radical (unpaired) electrons. The first-order valence-corrected chi connectivity index (χ1v) is 14.5. The van der Waals surface area contributed by atoms with Gasteiger partial charge >= 0.3 is 5.97 Å². The van der Waals surface area contributed by atoms with Crippen molar-refractivity contribution in [3.63, 3.8) is 0 Å². The first-order valence-electron chi connectivity index (χ1n) is 14.5. The molecule has 1 N–H and O–H groups in total. The van der Waals surface area contributed by atoms with Crippen molar-refractivity contribution >= 4 is 5.97 Å². The highest BCUT2D eigenvalue weighted by Crippen LogP contribution is 2.48. The molecule has 1 aliphatic carbocycles. The van der Waals surface area contributed by atoms with Crippen molar-refractivity contribution in [2.24, 2.45) is 11.8 Å². The molecule has 6 nitrogen and oxygen atoms in total. The smallest absolute Gasteiger partial charge is 0.306 e. The van der Waals surface area contributed by atoms with Crippen molar-refractivity contribution in [1.82, 2.24) is 9.88 Å². The van der Waals surface area contributed by atoms with Gasteiger partial charge in [0.25, 0.3) is 0 Å². The fourth-order valence-electron chi connectivity index (χ4n) is 6.55. The Morgan fingerprint density at radius 2 is 1.95 bits per heavy atom. The number of halogens is 1. The van der Waals surface area contributed by atoms with Crippen LogP contribution in [0.1, 0.15) is 73.3 Å². The Kier molecular flexibility index (Phi) is 7.49. The molecule has 7 heteroatoms. The molecule has 0 bridgehead atoms. The number of rotatable bonds is 9. The monoisotopic (exact) mass is 544 g/mol. The predicted octanol–water partition coefficient (Wildman–Crippen LogP) is 6.77. The zero-order valence-corrected chi connectivity index (χ0v) is 23.2. The highest BCUT2D eigenvalue weighted by molar-refractivity contribution is 5.71. The van der Waals surface area contributed by atoms with E-state index in [-0.39, 0.29) is 17.8 Å². The number of hydrogen-bond acceptors (Lipinski definition) is 5. The van der Waals surface area contributed by atoms with E-state index in [1.165, 1.54) is 31.7 Å². The minimum atomic E-state index is -0.747. The summed E-state index contributed by atoms with van der Waals surface area (Å²) in [7, 11) is 1.53. The van der Waals surface area contributed by atoms with Crippen LogP contribution in [-0.2, 0) is 17.8 Å². The topological polar surface area (TPSA) is 71.9 Å². The molecule has 1 saturated carbocycles. The lowest BCUT2D eigenvalue weighted by Crippen LogP contribution is -2.23. The van der Waals surface area contributed by atoms with Crippen molar-refractivity contribution in [2.75, 3.05) is 20.2 Å². The van der Waals surface area contributed by atoms with E-state index in [4.69, 9.17) is 9.47 Å². The number of nitrogens with zero attached hydrogens (tertiary/aromatic N) is 2. The minimum absolute atomic E-state index is 0.00374. The molecular formula is C33H37FN2O4. The minimum Gasteiger partial charge on any atom is -0.485 e. The van der Waals surface area contributed by atoms with Crippen LogP contribution in [0.3, 0.4) is 0 Å². The summed E-state index contributed by atoms with van der Waals surface area (Å²) in [5, 5.41) is 9.75. The Labute approximate surface area is 235 Å². The van der Waals surface area contributed by atoms with E-state index in [1.807, 2.05) is 13.0 Å². The van der Waals surface area contributed by atoms with Gasteiger partial charge in [-0.15, -0.1) is 0 Å². The lowest BCUT2D eigenvalue weighted by Gasteiger charge is -2.30. The molecule has 210 valence electrons. The number of methoxy groups -OCH3 is 1. The van der Waals surface area contributed by atoms with E-state index in [2.05, 4.69) is 40.2 Å². The number of aryl methyl sites for hydroxylation is 1. The third-order valence-corrected chi connectivity index (χ3v) is 8.91. The lowest BCUT2D eigenvalue weighted by molar-refractivity contribution is -0.142. The third-order valence-electron chi connectivity index (χ3n) is 8.91. The molecule has 6 rings (SSSR count). The Morgan fingerprint density at radius 1 is 1.15 bits per heavy atom. The fourth-order valence-corrected chi connectivity index (χ4v) is 6.55. The molecule has 0 amide bonds. The molecule has 1 saturated heterocycles. The van der Waals surface area contributed by atoms with Crippen LogP contribution in [0.2, 0.25) is 0 Å². The lowest BCUT2D eigenvalue weighted by atomic mass is 9.82. The molecule has 3 aromatic rings. The van der Waals surface area contributed by atoms with Crippen LogP contribution in [0, 0.1) is 17.7 Å². The van der Waals surface area contributed by atoms with Crippen molar-refractivity contribution in [2.45, 2.75) is 64.0 Å². The molecule has 1 aromatic heterocycles. The molecule has 2 fully saturated rings. The third kappa shape index (κ3) is 5.44. The van der Waals surface area contributed by atoms with Crippen LogP contribution in [-0.4, -0.2) is 41.2 Å². The van der Waals surface area contributed by atoms with Gasteiger partial charge in [0, 0.05) is 18.2 Å². The number of likely N-dealkylation sites (tertiary alicyclic amines) is 1. The van der Waals surface area contributed by atoms with Gasteiger partial charge in [-0.2, -0.15) is 0 Å². The van der Waals surface area contributed by atoms with Gasteiger partial charge in [-0.05, 0) is 103 Å². The summed E-state index contributed by atoms with van der Waals surface area (Å²) in [4.78, 5) is 18.3. The van der Waals surface area contributed by atoms with Crippen LogP contribution < -0.4 is 9.47 Å². The van der Waals surface area contributed by atoms with Crippen molar-refractivity contribution in [3.05, 3.63) is 76.7 Å². The zero-order valence-electron chi connectivity index (χ0n) is 23.2. The van der Waals surface area contributed by atoms with Crippen LogP contribution in [0.15, 0.2) is 48.7 Å². The number of aromatic nitrogens is 1. The quantitative estimate of drug-likeness (QED) is 0.320. The van der Waals surface area contributed by atoms with Gasteiger partial charge in [0.15, 0.2) is 0 Å². The van der Waals surface area contributed by atoms with Crippen molar-refractivity contribution in [1.29, 1.82) is 0 Å². The zero-order chi connectivity index (χ0) is 27.8. The second-order valence-electron chi connectivity index (χ2n) is 11.6. The Bertz CT molecular complexity index is 1400. The van der Waals surface area contributed by atoms with E-state index in [0.29, 0.717) is 17.4 Å². The number of hydrogen-bond donors (Lipinski definition) is 1. The van der Waals surface area contributed by atoms with Gasteiger partial charge in [0.2, 0.25) is 5.88 Å². The van der Waals surface area contributed by atoms with E-state index in [9.17, 15) is 14.3 Å². The summed E-state index contributed by atoms with van der Waals surface area (Å²) in [6.45, 7) is 4.73. The normalized spacial score (nSPS) is 20.4. The highest BCUT2D eigenvalue weighted by atomic mass is 19.1. The van der Waals surface area contributed by atoms with Crippen LogP contribution in [0.25, 0.3) is 11.1 Å². The van der Waals surface area contributed by atoms with Crippen LogP contribution in [0.4, 0.5) is 4.39 Å². The van der Waals surface area contributed by atoms with E-state index < -0.39 is 11.9 Å². The summed E-state index contributed by atoms with van der Waals surface area (Å²) in [5.74, 6) is 0.112. The summed E-state index contributed by atoms with van der Waals surface area (Å²) in [5.41, 5.74) is 5.77. The fraction of sp³-hybridized carbons (Fsp3) is 0.455. The Balaban J connectivity index is 1.33. The number of benzene rings is 2. The average molecular weight is 545 g/mol. The molecule has 0 spiro atoms. The second kappa shape index (κ2) is 11.2. The first-order chi connectivity index (χ1) is 19.4. The van der Waals surface area contributed by atoms with Gasteiger partial charge in [0.05, 0.1) is 19.2 Å². The summed E-state index contributed by atoms with van der Waals surface area (Å²) in [6, 6.07) is 14.1. The molecular weight excluding hydrogens is 507 g/mol. The highest BCUT2D eigenvalue weighted by Gasteiger charge is 2.39. The Hall–Kier alpha value is -3.45. The molecule has 2 aliphatic heterocycles. The van der Waals surface area contributed by atoms with Gasteiger partial charge < -0.3 is 14.6 Å². The van der Waals surface area contributed by atoms with E-state index in [1.54, 1.807) is 6.07 Å². The van der Waals surface area contributed by atoms with Crippen LogP contribution in [0.5, 0.6) is 11.6 Å². The number of fused-ring (bicyclic) bond motifs is 1. The molecule has 3 aliphatic rings. The molecule has 2 aromatic carbocycles. The van der Waals surface area contributed by atoms with E-state index in [0.717, 1.165) is 73.3 Å². The molecule has 40 heavy (non-hydrogen) atoms. The van der Waals surface area contributed by atoms with Gasteiger partial charge in [-0.25, -0.2) is 9.37 Å². The summed E-state index contributed by atoms with van der Waals surface area (Å²) < 4.78 is 26.8. The van der Waals surface area contributed by atoms with Gasteiger partial charge in [0.1, 0.15) is 17.7 Å². The number of pyridine rings is 1. The maximum Gasteiger partial charge on any atom is 0.306 e. The Morgan fingerprint density at radius 3 is 2.67 bits per heavy atom. The standard InChI is InChI=1S/C33H37FN2O4/c1-20(33(37)38)32(22-6-7-22)24-8-5-21-10-12-29(40-30(21)16-24)26-11-9-23(15-25(26)19-36-13-3-4-14-36)27-17-31(39-2)35-18-28(27)34/h5,8-9,11,15-18,20,22,29,32H,3-4,6-7,10,12-14,19H2,1-2H3,(H,37,38)/t20-,29?,32-/m0/s1. The van der Waals surface area contributed by atoms with Crippen molar-refractivity contribution in [3.8, 4) is 22.8 Å². The van der Waals surface area contributed by atoms with E-state index >= 15 is 0 Å². The summed E-state index contributed by atoms with van der Waals surface area (Å²) in [6.07, 6.45) is 7.38. The number of aliphatic carboxylic acids is 1. The molecule has 3 heterocycles. The molecule has 3 atom stereocenters. The average Bonchev–Trinajstić information content (AvgIpc) is 3.67. The predicted molar refractivity (Wildman–Crippen MR) is 151 cm³/mol. The number of carbonyl (C=O) groups is 1. The SMILES string of the molecule is COc1cc(-c2ccc(C3CCc4ccc([C@H](C5CC5)[C@H](C)C(=O)O)cc4O3)c(CN3CCCC3)c2)c(F)cn1. The number of ether oxygens (including phenoxy) is 2. The first kappa shape index (κ1) is 26.8. The maximum absolute atomic E-state index is 14.8. The maximum atomic E-state index is 14.8. The van der Waals surface area contributed by atoms with Gasteiger partial charge in [-0.1, -0.05) is 31.2 Å². The van der Waals surface area contributed by atoms with Gasteiger partial charge in [-0.3, -0.25) is 9.69 Å². The largest absolute Gasteiger partial charge is 0.485 e. The number of carboxylic acids is 1. The number of carboxylic acid groups (broad SMARTS) is 1.